The van der Waals surface area contributed by atoms with Gasteiger partial charge >= 0.3 is 5.97 Å². The minimum Gasteiger partial charge on any atom is -0.477 e. The van der Waals surface area contributed by atoms with E-state index in [1.807, 2.05) is 31.1 Å². The quantitative estimate of drug-likeness (QED) is 0.888. The number of hydrogen-bond acceptors (Lipinski definition) is 5. The van der Waals surface area contributed by atoms with Crippen LogP contribution in [0.25, 0.3) is 0 Å². The van der Waals surface area contributed by atoms with Crippen LogP contribution in [-0.4, -0.2) is 30.2 Å². The van der Waals surface area contributed by atoms with Crippen molar-refractivity contribution in [3.8, 4) is 11.6 Å². The SMILES string of the molecule is CN(C)c1cccc(Oc2ncc(N)cc2C(=O)O)c1. The molecule has 0 spiro atoms. The second kappa shape index (κ2) is 5.48. The summed E-state index contributed by atoms with van der Waals surface area (Å²) in [6.45, 7) is 0. The number of nitrogen functional groups attached to an aromatic ring is 1. The number of aromatic nitrogens is 1. The number of hydrogen-bond donors (Lipinski definition) is 2. The van der Waals surface area contributed by atoms with Gasteiger partial charge in [0.25, 0.3) is 0 Å². The Labute approximate surface area is 116 Å². The van der Waals surface area contributed by atoms with Crippen LogP contribution in [0.3, 0.4) is 0 Å². The lowest BCUT2D eigenvalue weighted by atomic mass is 10.2. The van der Waals surface area contributed by atoms with Gasteiger partial charge in [0, 0.05) is 25.8 Å². The molecule has 0 unspecified atom stereocenters. The molecule has 2 rings (SSSR count). The summed E-state index contributed by atoms with van der Waals surface area (Å²) in [6.07, 6.45) is 1.36. The van der Waals surface area contributed by atoms with Crippen LogP contribution in [0.15, 0.2) is 36.5 Å². The Morgan fingerprint density at radius 1 is 1.35 bits per heavy atom. The molecule has 1 aromatic heterocycles. The summed E-state index contributed by atoms with van der Waals surface area (Å²) in [4.78, 5) is 17.0. The minimum atomic E-state index is -1.14. The van der Waals surface area contributed by atoms with Crippen LogP contribution in [0, 0.1) is 0 Å². The highest BCUT2D eigenvalue weighted by molar-refractivity contribution is 5.91. The summed E-state index contributed by atoms with van der Waals surface area (Å²) in [5, 5.41) is 9.13. The molecular formula is C14H15N3O3. The zero-order valence-corrected chi connectivity index (χ0v) is 11.2. The lowest BCUT2D eigenvalue weighted by molar-refractivity contribution is 0.0693. The van der Waals surface area contributed by atoms with Crippen molar-refractivity contribution in [3.05, 3.63) is 42.1 Å². The summed E-state index contributed by atoms with van der Waals surface area (Å²) >= 11 is 0. The zero-order chi connectivity index (χ0) is 14.7. The summed E-state index contributed by atoms with van der Waals surface area (Å²) in [6, 6.07) is 8.59. The van der Waals surface area contributed by atoms with Gasteiger partial charge in [-0.05, 0) is 18.2 Å². The first-order chi connectivity index (χ1) is 9.47. The number of nitrogens with two attached hydrogens (primary N) is 1. The molecule has 0 amide bonds. The molecule has 6 nitrogen and oxygen atoms in total. The van der Waals surface area contributed by atoms with E-state index in [1.54, 1.807) is 12.1 Å². The lowest BCUT2D eigenvalue weighted by Crippen LogP contribution is -2.08. The molecule has 0 saturated heterocycles. The molecule has 0 aliphatic heterocycles. The highest BCUT2D eigenvalue weighted by atomic mass is 16.5. The van der Waals surface area contributed by atoms with Crippen molar-refractivity contribution >= 4 is 17.3 Å². The predicted molar refractivity (Wildman–Crippen MR) is 76.5 cm³/mol. The van der Waals surface area contributed by atoms with Gasteiger partial charge in [0.2, 0.25) is 5.88 Å². The third-order valence-electron chi connectivity index (χ3n) is 2.65. The molecule has 2 aromatic rings. The molecule has 0 atom stereocenters. The largest absolute Gasteiger partial charge is 0.477 e. The van der Waals surface area contributed by atoms with Crippen LogP contribution in [0.4, 0.5) is 11.4 Å². The van der Waals surface area contributed by atoms with E-state index >= 15 is 0 Å². The maximum Gasteiger partial charge on any atom is 0.341 e. The van der Waals surface area contributed by atoms with E-state index in [2.05, 4.69) is 4.98 Å². The van der Waals surface area contributed by atoms with Gasteiger partial charge in [-0.2, -0.15) is 0 Å². The monoisotopic (exact) mass is 273 g/mol. The summed E-state index contributed by atoms with van der Waals surface area (Å²) < 4.78 is 5.54. The molecule has 0 radical (unpaired) electrons. The van der Waals surface area contributed by atoms with Gasteiger partial charge in [0.05, 0.1) is 11.9 Å². The molecule has 1 aromatic carbocycles. The zero-order valence-electron chi connectivity index (χ0n) is 11.2. The van der Waals surface area contributed by atoms with Crippen LogP contribution in [0.2, 0.25) is 0 Å². The van der Waals surface area contributed by atoms with E-state index in [-0.39, 0.29) is 17.1 Å². The van der Waals surface area contributed by atoms with E-state index in [4.69, 9.17) is 15.6 Å². The lowest BCUT2D eigenvalue weighted by Gasteiger charge is -2.14. The maximum atomic E-state index is 11.2. The van der Waals surface area contributed by atoms with Gasteiger partial charge < -0.3 is 20.5 Å². The summed E-state index contributed by atoms with van der Waals surface area (Å²) in [5.41, 5.74) is 6.68. The normalized spacial score (nSPS) is 10.1. The van der Waals surface area contributed by atoms with Crippen LogP contribution >= 0.6 is 0 Å². The van der Waals surface area contributed by atoms with Crippen molar-refractivity contribution in [1.82, 2.24) is 4.98 Å². The van der Waals surface area contributed by atoms with Gasteiger partial charge in [0.1, 0.15) is 11.3 Å². The fourth-order valence-electron chi connectivity index (χ4n) is 1.64. The second-order valence-corrected chi connectivity index (χ2v) is 4.42. The average Bonchev–Trinajstić information content (AvgIpc) is 2.41. The van der Waals surface area contributed by atoms with Crippen molar-refractivity contribution in [2.45, 2.75) is 0 Å². The van der Waals surface area contributed by atoms with Gasteiger partial charge in [-0.25, -0.2) is 9.78 Å². The van der Waals surface area contributed by atoms with Gasteiger partial charge in [-0.3, -0.25) is 0 Å². The standard InChI is InChI=1S/C14H15N3O3/c1-17(2)10-4-3-5-11(7-10)20-13-12(14(18)19)6-9(15)8-16-13/h3-8H,15H2,1-2H3,(H,18,19). The van der Waals surface area contributed by atoms with E-state index in [9.17, 15) is 4.79 Å². The van der Waals surface area contributed by atoms with Gasteiger partial charge in [0.15, 0.2) is 0 Å². The van der Waals surface area contributed by atoms with Crippen molar-refractivity contribution in [2.75, 3.05) is 24.7 Å². The Hall–Kier alpha value is -2.76. The summed E-state index contributed by atoms with van der Waals surface area (Å²) in [5.74, 6) is -0.609. The average molecular weight is 273 g/mol. The van der Waals surface area contributed by atoms with Crippen molar-refractivity contribution in [3.63, 3.8) is 0 Å². The number of carbonyl (C=O) groups is 1. The molecular weight excluding hydrogens is 258 g/mol. The van der Waals surface area contributed by atoms with Gasteiger partial charge in [-0.1, -0.05) is 6.07 Å². The van der Waals surface area contributed by atoms with Gasteiger partial charge in [-0.15, -0.1) is 0 Å². The number of pyridine rings is 1. The minimum absolute atomic E-state index is 0.0163. The number of ether oxygens (including phenoxy) is 1. The Bertz CT molecular complexity index is 641. The number of benzene rings is 1. The van der Waals surface area contributed by atoms with E-state index in [0.717, 1.165) is 5.69 Å². The number of nitrogens with zero attached hydrogens (tertiary/aromatic N) is 2. The molecule has 3 N–H and O–H groups in total. The number of rotatable bonds is 4. The van der Waals surface area contributed by atoms with Crippen LogP contribution in [0.1, 0.15) is 10.4 Å². The smallest absolute Gasteiger partial charge is 0.341 e. The van der Waals surface area contributed by atoms with Crippen molar-refractivity contribution in [1.29, 1.82) is 0 Å². The van der Waals surface area contributed by atoms with E-state index in [0.29, 0.717) is 5.75 Å². The predicted octanol–water partition coefficient (Wildman–Crippen LogP) is 2.22. The van der Waals surface area contributed by atoms with Crippen molar-refractivity contribution in [2.24, 2.45) is 0 Å². The Morgan fingerprint density at radius 2 is 2.10 bits per heavy atom. The highest BCUT2D eigenvalue weighted by Crippen LogP contribution is 2.27. The topological polar surface area (TPSA) is 88.7 Å². The fraction of sp³-hybridized carbons (Fsp3) is 0.143. The second-order valence-electron chi connectivity index (χ2n) is 4.42. The number of carboxylic acid groups (broad SMARTS) is 1. The number of carboxylic acids is 1. The van der Waals surface area contributed by atoms with E-state index in [1.165, 1.54) is 12.3 Å². The first kappa shape index (κ1) is 13.7. The molecule has 6 heteroatoms. The third kappa shape index (κ3) is 2.97. The third-order valence-corrected chi connectivity index (χ3v) is 2.65. The molecule has 0 aliphatic rings. The molecule has 20 heavy (non-hydrogen) atoms. The Morgan fingerprint density at radius 3 is 2.75 bits per heavy atom. The molecule has 0 bridgehead atoms. The highest BCUT2D eigenvalue weighted by Gasteiger charge is 2.14. The molecule has 0 fully saturated rings. The van der Waals surface area contributed by atoms with Crippen LogP contribution in [-0.2, 0) is 0 Å². The molecule has 104 valence electrons. The van der Waals surface area contributed by atoms with Crippen LogP contribution < -0.4 is 15.4 Å². The Balaban J connectivity index is 2.35. The maximum absolute atomic E-state index is 11.2. The summed E-state index contributed by atoms with van der Waals surface area (Å²) in [7, 11) is 3.81. The first-order valence-corrected chi connectivity index (χ1v) is 5.91. The number of anilines is 2. The number of aromatic carboxylic acids is 1. The molecule has 0 saturated carbocycles. The van der Waals surface area contributed by atoms with Crippen molar-refractivity contribution < 1.29 is 14.6 Å². The van der Waals surface area contributed by atoms with E-state index < -0.39 is 5.97 Å². The first-order valence-electron chi connectivity index (χ1n) is 5.91. The molecule has 0 aliphatic carbocycles. The fourth-order valence-corrected chi connectivity index (χ4v) is 1.64. The van der Waals surface area contributed by atoms with Crippen LogP contribution in [0.5, 0.6) is 11.6 Å². The Kier molecular flexibility index (Phi) is 3.74. The molecule has 1 heterocycles.